The van der Waals surface area contributed by atoms with Crippen LogP contribution in [0, 0.1) is 5.82 Å². The van der Waals surface area contributed by atoms with E-state index in [1.165, 1.54) is 0 Å². The molecule has 0 fully saturated rings. The number of carboxylic acid groups (broad SMARTS) is 1. The highest BCUT2D eigenvalue weighted by molar-refractivity contribution is 5.90. The third-order valence-corrected chi connectivity index (χ3v) is 3.00. The summed E-state index contributed by atoms with van der Waals surface area (Å²) in [6.45, 7) is 2.90. The Morgan fingerprint density at radius 2 is 2.25 bits per heavy atom. The summed E-state index contributed by atoms with van der Waals surface area (Å²) in [6.07, 6.45) is 1.56. The Morgan fingerprint density at radius 1 is 1.50 bits per heavy atom. The third-order valence-electron chi connectivity index (χ3n) is 3.00. The molecule has 2 rings (SSSR count). The zero-order valence-electron chi connectivity index (χ0n) is 11.0. The molecule has 0 atom stereocenters. The van der Waals surface area contributed by atoms with Gasteiger partial charge in [-0.05, 0) is 25.1 Å². The number of aromatic carboxylic acids is 1. The van der Waals surface area contributed by atoms with Crippen LogP contribution < -0.4 is 10.6 Å². The van der Waals surface area contributed by atoms with E-state index >= 15 is 0 Å². The SMILES string of the molecule is CCN(Cc1ccco1)c1cc(F)c(C(=O)O)cc1N. The number of benzene rings is 1. The maximum absolute atomic E-state index is 13.8. The van der Waals surface area contributed by atoms with Crippen molar-refractivity contribution in [2.75, 3.05) is 17.2 Å². The third kappa shape index (κ3) is 2.74. The summed E-state index contributed by atoms with van der Waals surface area (Å²) in [5.41, 5.74) is 6.07. The number of hydrogen-bond donors (Lipinski definition) is 2. The highest BCUT2D eigenvalue weighted by Gasteiger charge is 2.17. The molecule has 1 aromatic heterocycles. The van der Waals surface area contributed by atoms with E-state index in [1.807, 2.05) is 11.8 Å². The van der Waals surface area contributed by atoms with Crippen LogP contribution in [0.1, 0.15) is 23.0 Å². The highest BCUT2D eigenvalue weighted by atomic mass is 19.1. The van der Waals surface area contributed by atoms with Gasteiger partial charge in [0, 0.05) is 12.6 Å². The number of rotatable bonds is 5. The molecule has 5 nitrogen and oxygen atoms in total. The molecule has 0 spiro atoms. The van der Waals surface area contributed by atoms with Crippen molar-refractivity contribution in [3.63, 3.8) is 0 Å². The van der Waals surface area contributed by atoms with E-state index in [-0.39, 0.29) is 5.69 Å². The Bertz CT molecular complexity index is 611. The summed E-state index contributed by atoms with van der Waals surface area (Å²) in [4.78, 5) is 12.7. The summed E-state index contributed by atoms with van der Waals surface area (Å²) in [7, 11) is 0. The van der Waals surface area contributed by atoms with Crippen LogP contribution in [0.5, 0.6) is 0 Å². The van der Waals surface area contributed by atoms with Crippen molar-refractivity contribution in [1.29, 1.82) is 0 Å². The van der Waals surface area contributed by atoms with E-state index in [0.717, 1.165) is 12.1 Å². The second-order valence-corrected chi connectivity index (χ2v) is 4.29. The normalized spacial score (nSPS) is 10.5. The minimum Gasteiger partial charge on any atom is -0.478 e. The van der Waals surface area contributed by atoms with Gasteiger partial charge in [-0.3, -0.25) is 0 Å². The van der Waals surface area contributed by atoms with Crippen molar-refractivity contribution in [2.45, 2.75) is 13.5 Å². The van der Waals surface area contributed by atoms with Crippen molar-refractivity contribution in [3.8, 4) is 0 Å². The Morgan fingerprint density at radius 3 is 2.80 bits per heavy atom. The Hall–Kier alpha value is -2.50. The quantitative estimate of drug-likeness (QED) is 0.822. The van der Waals surface area contributed by atoms with Crippen LogP contribution in [0.3, 0.4) is 0 Å². The van der Waals surface area contributed by atoms with E-state index in [2.05, 4.69) is 0 Å². The van der Waals surface area contributed by atoms with Gasteiger partial charge in [-0.15, -0.1) is 0 Å². The number of nitrogen functional groups attached to an aromatic ring is 1. The summed E-state index contributed by atoms with van der Waals surface area (Å²) in [6, 6.07) is 5.85. The van der Waals surface area contributed by atoms with Crippen LogP contribution in [-0.4, -0.2) is 17.6 Å². The van der Waals surface area contributed by atoms with Gasteiger partial charge >= 0.3 is 5.97 Å². The average Bonchev–Trinajstić information content (AvgIpc) is 2.91. The molecule has 0 aliphatic carbocycles. The zero-order valence-corrected chi connectivity index (χ0v) is 11.0. The molecule has 3 N–H and O–H groups in total. The van der Waals surface area contributed by atoms with E-state index < -0.39 is 17.3 Å². The summed E-state index contributed by atoms with van der Waals surface area (Å²) < 4.78 is 19.0. The van der Waals surface area contributed by atoms with Crippen molar-refractivity contribution >= 4 is 17.3 Å². The molecule has 0 saturated heterocycles. The van der Waals surface area contributed by atoms with Gasteiger partial charge in [0.25, 0.3) is 0 Å². The molecule has 0 radical (unpaired) electrons. The molecule has 0 amide bonds. The smallest absolute Gasteiger partial charge is 0.338 e. The second-order valence-electron chi connectivity index (χ2n) is 4.29. The number of nitrogens with two attached hydrogens (primary N) is 1. The van der Waals surface area contributed by atoms with Gasteiger partial charge in [0.2, 0.25) is 0 Å². The molecule has 0 bridgehead atoms. The molecular weight excluding hydrogens is 263 g/mol. The van der Waals surface area contributed by atoms with Crippen molar-refractivity contribution in [3.05, 3.63) is 47.7 Å². The first-order valence-electron chi connectivity index (χ1n) is 6.12. The molecule has 2 aromatic rings. The lowest BCUT2D eigenvalue weighted by Gasteiger charge is -2.24. The van der Waals surface area contributed by atoms with Crippen LogP contribution in [0.25, 0.3) is 0 Å². The second kappa shape index (κ2) is 5.64. The highest BCUT2D eigenvalue weighted by Crippen LogP contribution is 2.28. The molecule has 1 heterocycles. The van der Waals surface area contributed by atoms with Gasteiger partial charge in [0.1, 0.15) is 11.6 Å². The predicted octanol–water partition coefficient (Wildman–Crippen LogP) is 2.73. The standard InChI is InChI=1S/C14H15FN2O3/c1-2-17(8-9-4-3-5-20-9)13-7-11(15)10(14(18)19)6-12(13)16/h3-7H,2,8,16H2,1H3,(H,18,19). The number of furan rings is 1. The van der Waals surface area contributed by atoms with Crippen molar-refractivity contribution in [1.82, 2.24) is 0 Å². The van der Waals surface area contributed by atoms with Gasteiger partial charge < -0.3 is 20.2 Å². The number of carboxylic acids is 1. The summed E-state index contributed by atoms with van der Waals surface area (Å²) >= 11 is 0. The average molecular weight is 278 g/mol. The molecule has 1 aromatic carbocycles. The Kier molecular flexibility index (Phi) is 3.93. The molecule has 0 saturated carbocycles. The van der Waals surface area contributed by atoms with Gasteiger partial charge in [0.15, 0.2) is 0 Å². The van der Waals surface area contributed by atoms with E-state index in [4.69, 9.17) is 15.3 Å². The van der Waals surface area contributed by atoms with Crippen LogP contribution in [0.15, 0.2) is 34.9 Å². The van der Waals surface area contributed by atoms with Crippen molar-refractivity contribution in [2.24, 2.45) is 0 Å². The van der Waals surface area contributed by atoms with Crippen LogP contribution >= 0.6 is 0 Å². The molecular formula is C14H15FN2O3. The maximum Gasteiger partial charge on any atom is 0.338 e. The van der Waals surface area contributed by atoms with Crippen molar-refractivity contribution < 1.29 is 18.7 Å². The van der Waals surface area contributed by atoms with Gasteiger partial charge in [-0.25, -0.2) is 9.18 Å². The number of anilines is 2. The molecule has 106 valence electrons. The topological polar surface area (TPSA) is 79.7 Å². The fourth-order valence-electron chi connectivity index (χ4n) is 1.98. The molecule has 6 heteroatoms. The fraction of sp³-hybridized carbons (Fsp3) is 0.214. The van der Waals surface area contributed by atoms with Crippen LogP contribution in [0.4, 0.5) is 15.8 Å². The number of halogens is 1. The predicted molar refractivity (Wildman–Crippen MR) is 73.2 cm³/mol. The van der Waals surface area contributed by atoms with E-state index in [9.17, 15) is 9.18 Å². The summed E-state index contributed by atoms with van der Waals surface area (Å²) in [5, 5.41) is 8.86. The van der Waals surface area contributed by atoms with Crippen LogP contribution in [0.2, 0.25) is 0 Å². The first kappa shape index (κ1) is 13.9. The largest absolute Gasteiger partial charge is 0.478 e. The maximum atomic E-state index is 13.8. The van der Waals surface area contributed by atoms with Gasteiger partial charge in [-0.1, -0.05) is 0 Å². The monoisotopic (exact) mass is 278 g/mol. The summed E-state index contributed by atoms with van der Waals surface area (Å²) in [5.74, 6) is -1.43. The molecule has 0 aliphatic rings. The first-order valence-corrected chi connectivity index (χ1v) is 6.12. The Balaban J connectivity index is 2.35. The number of carbonyl (C=O) groups is 1. The van der Waals surface area contributed by atoms with Gasteiger partial charge in [0.05, 0.1) is 29.7 Å². The number of nitrogens with zero attached hydrogens (tertiary/aromatic N) is 1. The molecule has 0 unspecified atom stereocenters. The lowest BCUT2D eigenvalue weighted by atomic mass is 10.1. The van der Waals surface area contributed by atoms with Crippen LogP contribution in [-0.2, 0) is 6.54 Å². The lowest BCUT2D eigenvalue weighted by molar-refractivity contribution is 0.0692. The van der Waals surface area contributed by atoms with E-state index in [0.29, 0.717) is 24.5 Å². The minimum atomic E-state index is -1.34. The minimum absolute atomic E-state index is 0.220. The molecule has 0 aliphatic heterocycles. The van der Waals surface area contributed by atoms with E-state index in [1.54, 1.807) is 18.4 Å². The number of hydrogen-bond acceptors (Lipinski definition) is 4. The molecule has 20 heavy (non-hydrogen) atoms. The fourth-order valence-corrected chi connectivity index (χ4v) is 1.98. The Labute approximate surface area is 115 Å². The van der Waals surface area contributed by atoms with Gasteiger partial charge in [-0.2, -0.15) is 0 Å². The lowest BCUT2D eigenvalue weighted by Crippen LogP contribution is -2.23. The zero-order chi connectivity index (χ0) is 14.7. The first-order chi connectivity index (χ1) is 9.52.